The van der Waals surface area contributed by atoms with Crippen LogP contribution in [0.25, 0.3) is 0 Å². The Morgan fingerprint density at radius 3 is 2.24 bits per heavy atom. The van der Waals surface area contributed by atoms with Crippen molar-refractivity contribution in [3.8, 4) is 0 Å². The van der Waals surface area contributed by atoms with Crippen LogP contribution in [0.5, 0.6) is 0 Å². The monoisotopic (exact) mass is 397 g/mol. The molecule has 2 saturated carbocycles. The Balaban J connectivity index is 1.32. The smallest absolute Gasteiger partial charge is 0.237 e. The van der Waals surface area contributed by atoms with Crippen molar-refractivity contribution in [3.63, 3.8) is 0 Å². The van der Waals surface area contributed by atoms with Crippen LogP contribution < -0.4 is 5.32 Å². The molecule has 4 rings (SSSR count). The molecule has 0 unspecified atom stereocenters. The molecular weight excluding hydrogens is 362 g/mol. The first-order valence-electron chi connectivity index (χ1n) is 11.6. The Hall–Kier alpha value is -1.88. The molecule has 3 aliphatic rings. The van der Waals surface area contributed by atoms with E-state index in [0.29, 0.717) is 18.4 Å². The third kappa shape index (κ3) is 5.00. The summed E-state index contributed by atoms with van der Waals surface area (Å²) in [5.74, 6) is 1.27. The average molecular weight is 398 g/mol. The van der Waals surface area contributed by atoms with Crippen molar-refractivity contribution in [2.45, 2.75) is 57.4 Å². The van der Waals surface area contributed by atoms with E-state index >= 15 is 0 Å². The first-order valence-corrected chi connectivity index (χ1v) is 11.6. The molecule has 0 bridgehead atoms. The van der Waals surface area contributed by atoms with Gasteiger partial charge >= 0.3 is 0 Å². The fraction of sp³-hybridized carbons (Fsp3) is 0.667. The van der Waals surface area contributed by atoms with Crippen LogP contribution in [-0.2, 0) is 16.0 Å². The molecule has 0 radical (unpaired) electrons. The number of amides is 2. The van der Waals surface area contributed by atoms with Crippen LogP contribution >= 0.6 is 0 Å². The van der Waals surface area contributed by atoms with Gasteiger partial charge in [0.15, 0.2) is 0 Å². The van der Waals surface area contributed by atoms with Crippen molar-refractivity contribution < 1.29 is 9.59 Å². The second kappa shape index (κ2) is 9.75. The predicted molar refractivity (Wildman–Crippen MR) is 114 cm³/mol. The highest BCUT2D eigenvalue weighted by Gasteiger charge is 2.38. The molecule has 1 N–H and O–H groups in total. The van der Waals surface area contributed by atoms with Gasteiger partial charge in [0, 0.05) is 38.6 Å². The molecule has 158 valence electrons. The van der Waals surface area contributed by atoms with Crippen LogP contribution in [0.2, 0.25) is 0 Å². The zero-order chi connectivity index (χ0) is 20.1. The van der Waals surface area contributed by atoms with Crippen molar-refractivity contribution in [2.24, 2.45) is 11.8 Å². The Labute approximate surface area is 174 Å². The van der Waals surface area contributed by atoms with Crippen molar-refractivity contribution in [2.75, 3.05) is 32.7 Å². The minimum atomic E-state index is -0.0331. The van der Waals surface area contributed by atoms with Crippen LogP contribution in [0.1, 0.15) is 50.5 Å². The normalized spacial score (nSPS) is 22.3. The molecular formula is C24H35N3O2. The van der Waals surface area contributed by atoms with E-state index in [1.165, 1.54) is 24.8 Å². The Bertz CT molecular complexity index is 675. The number of benzene rings is 1. The third-order valence-electron chi connectivity index (χ3n) is 7.14. The maximum Gasteiger partial charge on any atom is 0.237 e. The second-order valence-corrected chi connectivity index (χ2v) is 9.01. The highest BCUT2D eigenvalue weighted by molar-refractivity contribution is 5.82. The number of rotatable bonds is 7. The molecule has 0 spiro atoms. The van der Waals surface area contributed by atoms with E-state index in [2.05, 4.69) is 22.3 Å². The van der Waals surface area contributed by atoms with Gasteiger partial charge in [-0.1, -0.05) is 49.6 Å². The van der Waals surface area contributed by atoms with Gasteiger partial charge in [0.05, 0.1) is 6.04 Å². The van der Waals surface area contributed by atoms with Gasteiger partial charge in [-0.05, 0) is 43.6 Å². The lowest BCUT2D eigenvalue weighted by Crippen LogP contribution is -2.58. The lowest BCUT2D eigenvalue weighted by molar-refractivity contribution is -0.141. The molecule has 29 heavy (non-hydrogen) atoms. The fourth-order valence-electron chi connectivity index (χ4n) is 5.16. The first-order chi connectivity index (χ1) is 14.2. The van der Waals surface area contributed by atoms with E-state index < -0.39 is 0 Å². The molecule has 0 aromatic heterocycles. The highest BCUT2D eigenvalue weighted by Crippen LogP contribution is 2.32. The van der Waals surface area contributed by atoms with Crippen LogP contribution in [0.15, 0.2) is 30.3 Å². The molecule has 5 nitrogen and oxygen atoms in total. The van der Waals surface area contributed by atoms with E-state index in [-0.39, 0.29) is 17.9 Å². The summed E-state index contributed by atoms with van der Waals surface area (Å²) in [4.78, 5) is 30.1. The molecule has 1 atom stereocenters. The molecule has 5 heteroatoms. The molecule has 1 saturated heterocycles. The molecule has 2 amide bonds. The van der Waals surface area contributed by atoms with E-state index in [4.69, 9.17) is 0 Å². The summed E-state index contributed by atoms with van der Waals surface area (Å²) in [6.45, 7) is 3.88. The minimum Gasteiger partial charge on any atom is -0.354 e. The molecule has 1 aromatic carbocycles. The Morgan fingerprint density at radius 2 is 1.62 bits per heavy atom. The van der Waals surface area contributed by atoms with Crippen LogP contribution in [0.3, 0.4) is 0 Å². The van der Waals surface area contributed by atoms with E-state index in [1.54, 1.807) is 0 Å². The highest BCUT2D eigenvalue weighted by atomic mass is 16.2. The molecule has 3 fully saturated rings. The van der Waals surface area contributed by atoms with Gasteiger partial charge in [-0.3, -0.25) is 14.5 Å². The van der Waals surface area contributed by atoms with Gasteiger partial charge in [0.25, 0.3) is 0 Å². The fourth-order valence-corrected chi connectivity index (χ4v) is 5.16. The topological polar surface area (TPSA) is 52.7 Å². The summed E-state index contributed by atoms with van der Waals surface area (Å²) in [6, 6.07) is 10.3. The lowest BCUT2D eigenvalue weighted by Gasteiger charge is -2.42. The third-order valence-corrected chi connectivity index (χ3v) is 7.14. The standard InChI is InChI=1S/C24H35N3O2/c28-23(25-14-13-19-7-2-1-3-8-19)22(20-9-4-5-10-20)26-15-17-27(18-16-26)24(29)21-11-6-12-21/h1-3,7-8,20-22H,4-6,9-18H2,(H,25,28)/t22-/m0/s1. The van der Waals surface area contributed by atoms with Gasteiger partial charge in [-0.25, -0.2) is 0 Å². The largest absolute Gasteiger partial charge is 0.354 e. The van der Waals surface area contributed by atoms with Crippen molar-refractivity contribution in [3.05, 3.63) is 35.9 Å². The summed E-state index contributed by atoms with van der Waals surface area (Å²) < 4.78 is 0. The average Bonchev–Trinajstić information content (AvgIpc) is 3.22. The number of carbonyl (C=O) groups is 2. The number of hydrogen-bond donors (Lipinski definition) is 1. The second-order valence-electron chi connectivity index (χ2n) is 9.01. The number of carbonyl (C=O) groups excluding carboxylic acids is 2. The Kier molecular flexibility index (Phi) is 6.86. The van der Waals surface area contributed by atoms with Gasteiger partial charge in [-0.15, -0.1) is 0 Å². The number of nitrogens with zero attached hydrogens (tertiary/aromatic N) is 2. The summed E-state index contributed by atoms with van der Waals surface area (Å²) in [7, 11) is 0. The van der Waals surface area contributed by atoms with E-state index in [0.717, 1.165) is 58.3 Å². The van der Waals surface area contributed by atoms with E-state index in [9.17, 15) is 9.59 Å². The van der Waals surface area contributed by atoms with Crippen LogP contribution in [0, 0.1) is 11.8 Å². The van der Waals surface area contributed by atoms with Gasteiger partial charge < -0.3 is 10.2 Å². The molecule has 1 aromatic rings. The summed E-state index contributed by atoms with van der Waals surface area (Å²) in [5, 5.41) is 3.21. The molecule has 1 heterocycles. The van der Waals surface area contributed by atoms with E-state index in [1.807, 2.05) is 23.1 Å². The zero-order valence-electron chi connectivity index (χ0n) is 17.5. The zero-order valence-corrected chi connectivity index (χ0v) is 17.5. The van der Waals surface area contributed by atoms with Crippen LogP contribution in [0.4, 0.5) is 0 Å². The quantitative estimate of drug-likeness (QED) is 0.770. The maximum absolute atomic E-state index is 13.2. The van der Waals surface area contributed by atoms with Gasteiger partial charge in [-0.2, -0.15) is 0 Å². The van der Waals surface area contributed by atoms with Crippen molar-refractivity contribution in [1.82, 2.24) is 15.1 Å². The van der Waals surface area contributed by atoms with Crippen LogP contribution in [-0.4, -0.2) is 60.4 Å². The maximum atomic E-state index is 13.2. The Morgan fingerprint density at radius 1 is 0.931 bits per heavy atom. The van der Waals surface area contributed by atoms with Crippen molar-refractivity contribution in [1.29, 1.82) is 0 Å². The summed E-state index contributed by atoms with van der Waals surface area (Å²) in [5.41, 5.74) is 1.26. The SMILES string of the molecule is O=C(NCCc1ccccc1)[C@H](C1CCCC1)N1CCN(C(=O)C2CCC2)CC1. The number of nitrogens with one attached hydrogen (secondary N) is 1. The van der Waals surface area contributed by atoms with Gasteiger partial charge in [0.1, 0.15) is 0 Å². The summed E-state index contributed by atoms with van der Waals surface area (Å²) >= 11 is 0. The summed E-state index contributed by atoms with van der Waals surface area (Å²) in [6.07, 6.45) is 8.96. The molecule has 2 aliphatic carbocycles. The van der Waals surface area contributed by atoms with Gasteiger partial charge in [0.2, 0.25) is 11.8 Å². The number of hydrogen-bond acceptors (Lipinski definition) is 3. The lowest BCUT2D eigenvalue weighted by atomic mass is 9.84. The van der Waals surface area contributed by atoms with Crippen molar-refractivity contribution >= 4 is 11.8 Å². The minimum absolute atomic E-state index is 0.0331. The predicted octanol–water partition coefficient (Wildman–Crippen LogP) is 2.85. The first kappa shape index (κ1) is 20.4. The molecule has 1 aliphatic heterocycles. The number of piperazine rings is 1.